The number of carbonyl (C=O) groups excluding carboxylic acids is 2. The van der Waals surface area contributed by atoms with Crippen molar-refractivity contribution in [1.29, 1.82) is 0 Å². The third kappa shape index (κ3) is 5.88. The normalized spacial score (nSPS) is 19.4. The van der Waals surface area contributed by atoms with E-state index in [0.717, 1.165) is 19.0 Å². The molecule has 3 aromatic rings. The van der Waals surface area contributed by atoms with Crippen molar-refractivity contribution < 1.29 is 32.2 Å². The van der Waals surface area contributed by atoms with Crippen LogP contribution in [0.2, 0.25) is 0 Å². The van der Waals surface area contributed by atoms with Gasteiger partial charge in [0.1, 0.15) is 6.10 Å². The number of benzene rings is 1. The number of rotatable bonds is 8. The number of carbonyl (C=O) groups is 2. The topological polar surface area (TPSA) is 106 Å². The number of hydrogen-bond donors (Lipinski definition) is 2. The van der Waals surface area contributed by atoms with Crippen LogP contribution < -0.4 is 20.1 Å². The zero-order valence-electron chi connectivity index (χ0n) is 23.6. The maximum absolute atomic E-state index is 13.4. The average Bonchev–Trinajstić information content (AvgIpc) is 3.46. The summed E-state index contributed by atoms with van der Waals surface area (Å²) in [4.78, 5) is 36.7. The van der Waals surface area contributed by atoms with Crippen LogP contribution in [0.5, 0.6) is 11.6 Å². The van der Waals surface area contributed by atoms with Gasteiger partial charge in [0.05, 0.1) is 29.0 Å². The Labute approximate surface area is 246 Å². The predicted molar refractivity (Wildman–Crippen MR) is 151 cm³/mol. The summed E-state index contributed by atoms with van der Waals surface area (Å²) in [5.41, 5.74) is -0.132. The summed E-state index contributed by atoms with van der Waals surface area (Å²) in [6, 6.07) is 11.9. The molecule has 2 aromatic heterocycles. The van der Waals surface area contributed by atoms with Gasteiger partial charge in [-0.15, -0.1) is 0 Å². The molecule has 4 heterocycles. The number of likely N-dealkylation sites (tertiary alicyclic amines) is 1. The molecule has 9 nitrogen and oxygen atoms in total. The summed E-state index contributed by atoms with van der Waals surface area (Å²) in [5, 5.41) is 6.27. The molecule has 1 aromatic carbocycles. The third-order valence-electron chi connectivity index (χ3n) is 8.21. The van der Waals surface area contributed by atoms with Gasteiger partial charge in [-0.2, -0.15) is 13.2 Å². The van der Waals surface area contributed by atoms with Crippen molar-refractivity contribution >= 4 is 11.8 Å². The Balaban J connectivity index is 1.15. The van der Waals surface area contributed by atoms with Gasteiger partial charge in [0, 0.05) is 37.3 Å². The maximum atomic E-state index is 13.4. The van der Waals surface area contributed by atoms with Gasteiger partial charge in [-0.1, -0.05) is 12.1 Å². The van der Waals surface area contributed by atoms with Crippen molar-refractivity contribution in [3.05, 3.63) is 71.5 Å². The molecule has 226 valence electrons. The Morgan fingerprint density at radius 3 is 2.63 bits per heavy atom. The molecule has 1 unspecified atom stereocenters. The van der Waals surface area contributed by atoms with E-state index in [1.54, 1.807) is 24.4 Å². The van der Waals surface area contributed by atoms with E-state index in [2.05, 4.69) is 20.6 Å². The molecule has 2 N–H and O–H groups in total. The minimum absolute atomic E-state index is 0.0175. The molecular formula is C31H32F3N5O4. The van der Waals surface area contributed by atoms with Crippen molar-refractivity contribution in [2.24, 2.45) is 5.41 Å². The van der Waals surface area contributed by atoms with E-state index in [1.165, 1.54) is 23.1 Å². The van der Waals surface area contributed by atoms with Crippen LogP contribution in [0.1, 0.15) is 52.6 Å². The van der Waals surface area contributed by atoms with Crippen LogP contribution >= 0.6 is 0 Å². The molecule has 1 aliphatic carbocycles. The molecule has 12 heteroatoms. The Morgan fingerprint density at radius 1 is 1.12 bits per heavy atom. The third-order valence-corrected chi connectivity index (χ3v) is 8.21. The number of pyridine rings is 2. The van der Waals surface area contributed by atoms with Crippen molar-refractivity contribution in [3.8, 4) is 22.9 Å². The summed E-state index contributed by atoms with van der Waals surface area (Å²) in [6.07, 6.45) is -1.15. The van der Waals surface area contributed by atoms with Gasteiger partial charge in [-0.05, 0) is 69.1 Å². The van der Waals surface area contributed by atoms with Crippen molar-refractivity contribution in [1.82, 2.24) is 25.5 Å². The fourth-order valence-electron chi connectivity index (χ4n) is 6.14. The number of hydrogen-bond acceptors (Lipinski definition) is 7. The second-order valence-electron chi connectivity index (χ2n) is 11.3. The number of ether oxygens (including phenoxy) is 2. The highest BCUT2D eigenvalue weighted by atomic mass is 19.4. The Bertz CT molecular complexity index is 1510. The second-order valence-corrected chi connectivity index (χ2v) is 11.3. The Morgan fingerprint density at radius 2 is 1.91 bits per heavy atom. The van der Waals surface area contributed by atoms with E-state index >= 15 is 0 Å². The first-order valence-electron chi connectivity index (χ1n) is 14.4. The van der Waals surface area contributed by atoms with Crippen LogP contribution in [0.3, 0.4) is 0 Å². The van der Waals surface area contributed by atoms with Crippen LogP contribution in [-0.2, 0) is 6.18 Å². The SMILES string of the molecule is CCOc1ncccc1-c1ccc(OC2CC3(C2)CN(C(=O)c2ccccc2C(F)(F)F)C3)c(C(=O)NC2CCNC2)n1. The molecule has 3 aliphatic rings. The summed E-state index contributed by atoms with van der Waals surface area (Å²) in [7, 11) is 0. The summed E-state index contributed by atoms with van der Waals surface area (Å²) >= 11 is 0. The summed E-state index contributed by atoms with van der Waals surface area (Å²) in [6.45, 7) is 4.50. The summed E-state index contributed by atoms with van der Waals surface area (Å²) in [5.74, 6) is -0.198. The van der Waals surface area contributed by atoms with Crippen LogP contribution in [0, 0.1) is 5.41 Å². The molecule has 2 amide bonds. The first-order chi connectivity index (χ1) is 20.7. The van der Waals surface area contributed by atoms with Gasteiger partial charge >= 0.3 is 6.18 Å². The molecule has 2 aliphatic heterocycles. The zero-order valence-corrected chi connectivity index (χ0v) is 23.6. The highest BCUT2D eigenvalue weighted by Crippen LogP contribution is 2.50. The number of halogens is 3. The van der Waals surface area contributed by atoms with Gasteiger partial charge in [-0.25, -0.2) is 9.97 Å². The lowest BCUT2D eigenvalue weighted by molar-refractivity contribution is -0.138. The van der Waals surface area contributed by atoms with E-state index in [0.29, 0.717) is 62.0 Å². The molecule has 0 bridgehead atoms. The first-order valence-corrected chi connectivity index (χ1v) is 14.4. The molecule has 6 rings (SSSR count). The van der Waals surface area contributed by atoms with Crippen LogP contribution in [-0.4, -0.2) is 71.6 Å². The minimum atomic E-state index is -4.60. The van der Waals surface area contributed by atoms with Gasteiger partial charge in [0.25, 0.3) is 11.8 Å². The molecule has 1 atom stereocenters. The molecular weight excluding hydrogens is 563 g/mol. The quantitative estimate of drug-likeness (QED) is 0.399. The Hall–Kier alpha value is -4.19. The van der Waals surface area contributed by atoms with Crippen LogP contribution in [0.15, 0.2) is 54.7 Å². The predicted octanol–water partition coefficient (Wildman–Crippen LogP) is 4.34. The minimum Gasteiger partial charge on any atom is -0.488 e. The highest BCUT2D eigenvalue weighted by molar-refractivity contribution is 5.97. The number of nitrogens with zero attached hydrogens (tertiary/aromatic N) is 3. The molecule has 2 saturated heterocycles. The standard InChI is InChI=1S/C31H32F3N5O4/c1-2-42-28-22(7-5-12-36-28)24-9-10-25(26(38-24)27(40)37-19-11-13-35-16-19)43-20-14-30(15-20)17-39(18-30)29(41)21-6-3-4-8-23(21)31(32,33)34/h3-10,12,19-20,35H,2,11,13-18H2,1H3,(H,37,40). The van der Waals surface area contributed by atoms with Crippen molar-refractivity contribution in [2.75, 3.05) is 32.8 Å². The molecule has 0 radical (unpaired) electrons. The van der Waals surface area contributed by atoms with E-state index in [4.69, 9.17) is 9.47 Å². The van der Waals surface area contributed by atoms with Crippen LogP contribution in [0.4, 0.5) is 13.2 Å². The molecule has 1 saturated carbocycles. The fourth-order valence-corrected chi connectivity index (χ4v) is 6.14. The molecule has 3 fully saturated rings. The van der Waals surface area contributed by atoms with E-state index in [-0.39, 0.29) is 34.7 Å². The van der Waals surface area contributed by atoms with Crippen LogP contribution in [0.25, 0.3) is 11.3 Å². The second kappa shape index (κ2) is 11.5. The molecule has 1 spiro atoms. The van der Waals surface area contributed by atoms with Crippen molar-refractivity contribution in [3.63, 3.8) is 0 Å². The lowest BCUT2D eigenvalue weighted by atomic mass is 9.61. The number of aromatic nitrogens is 2. The number of amides is 2. The number of alkyl halides is 3. The largest absolute Gasteiger partial charge is 0.488 e. The smallest absolute Gasteiger partial charge is 0.417 e. The average molecular weight is 596 g/mol. The maximum Gasteiger partial charge on any atom is 0.417 e. The number of nitrogens with one attached hydrogen (secondary N) is 2. The van der Waals surface area contributed by atoms with Gasteiger partial charge in [0.2, 0.25) is 5.88 Å². The fraction of sp³-hybridized carbons (Fsp3) is 0.419. The monoisotopic (exact) mass is 595 g/mol. The lowest BCUT2D eigenvalue weighted by Gasteiger charge is -2.58. The van der Waals surface area contributed by atoms with E-state index in [9.17, 15) is 22.8 Å². The highest BCUT2D eigenvalue weighted by Gasteiger charge is 2.55. The van der Waals surface area contributed by atoms with Gasteiger partial charge in [0.15, 0.2) is 11.4 Å². The van der Waals surface area contributed by atoms with Gasteiger partial charge < -0.3 is 25.0 Å². The lowest BCUT2D eigenvalue weighted by Crippen LogP contribution is -2.66. The Kier molecular flexibility index (Phi) is 7.72. The first kappa shape index (κ1) is 28.9. The van der Waals surface area contributed by atoms with Crippen molar-refractivity contribution in [2.45, 2.75) is 44.5 Å². The molecule has 43 heavy (non-hydrogen) atoms. The summed E-state index contributed by atoms with van der Waals surface area (Å²) < 4.78 is 52.2. The zero-order chi connectivity index (χ0) is 30.2. The van der Waals surface area contributed by atoms with Gasteiger partial charge in [-0.3, -0.25) is 9.59 Å². The van der Waals surface area contributed by atoms with E-state index < -0.39 is 17.6 Å². The van der Waals surface area contributed by atoms with E-state index in [1.807, 2.05) is 13.0 Å².